The van der Waals surface area contributed by atoms with Crippen LogP contribution in [-0.2, 0) is 30.3 Å². The van der Waals surface area contributed by atoms with Crippen LogP contribution >= 0.6 is 0 Å². The lowest BCUT2D eigenvalue weighted by molar-refractivity contribution is -0.146. The molecule has 14 heteroatoms. The van der Waals surface area contributed by atoms with Gasteiger partial charge in [-0.2, -0.15) is 0 Å². The summed E-state index contributed by atoms with van der Waals surface area (Å²) in [6, 6.07) is 7.93. The number of likely N-dealkylation sites (N-methyl/N-ethyl adjacent to an activating group) is 1. The van der Waals surface area contributed by atoms with Crippen LogP contribution in [0, 0.1) is 10.9 Å². The van der Waals surface area contributed by atoms with E-state index in [1.807, 2.05) is 36.4 Å². The maximum atomic E-state index is 14.1. The van der Waals surface area contributed by atoms with Gasteiger partial charge in [0.2, 0.25) is 22.6 Å². The number of rotatable bonds is 10. The number of aliphatic carboxylic acids is 1. The fourth-order valence-corrected chi connectivity index (χ4v) is 5.29. The lowest BCUT2D eigenvalue weighted by Crippen LogP contribution is -2.60. The number of carboxylic acid groups (broad SMARTS) is 1. The Bertz CT molecular complexity index is 1560. The standard InChI is InChI=1S/C33H45N7O7/c1-19(39(8)31(46)47-33(5,6)7)27(41)36-26(32(2,3)4)29(43)40-18-23(37-38-34)17-25(40)28(42)35-24(30(44)45)16-20-13-14-21-11-9-10-12-22(21)15-20/h9-15,19,23-26,34H,16-18H2,1-8H3,(H2-,35,36,41,42,44,45)/p+1/t19?,23-,24?,25-,26?/m0/s1. The Labute approximate surface area is 274 Å². The second-order valence-corrected chi connectivity index (χ2v) is 14.0. The van der Waals surface area contributed by atoms with E-state index >= 15 is 0 Å². The molecule has 2 aromatic rings. The average Bonchev–Trinajstić information content (AvgIpc) is 3.41. The van der Waals surface area contributed by atoms with Gasteiger partial charge in [-0.3, -0.25) is 19.3 Å². The van der Waals surface area contributed by atoms with Crippen LogP contribution in [-0.4, -0.2) is 94.1 Å². The zero-order valence-corrected chi connectivity index (χ0v) is 28.2. The number of amides is 4. The Hall–Kier alpha value is -4.84. The molecule has 47 heavy (non-hydrogen) atoms. The van der Waals surface area contributed by atoms with Gasteiger partial charge in [0, 0.05) is 19.9 Å². The molecule has 1 aliphatic rings. The van der Waals surface area contributed by atoms with Gasteiger partial charge in [0.1, 0.15) is 40.4 Å². The molecule has 0 aromatic heterocycles. The number of nitrogens with one attached hydrogen (secondary N) is 3. The van der Waals surface area contributed by atoms with E-state index in [0.29, 0.717) is 5.56 Å². The number of hydrogen-bond donors (Lipinski definition) is 4. The highest BCUT2D eigenvalue weighted by Gasteiger charge is 2.47. The quantitative estimate of drug-likeness (QED) is 0.223. The summed E-state index contributed by atoms with van der Waals surface area (Å²) in [6.07, 6.45) is -0.702. The van der Waals surface area contributed by atoms with Crippen molar-refractivity contribution in [3.05, 3.63) is 48.0 Å². The molecule has 254 valence electrons. The summed E-state index contributed by atoms with van der Waals surface area (Å²) in [7, 11) is 1.42. The Kier molecular flexibility index (Phi) is 11.5. The number of carbonyl (C=O) groups is 5. The highest BCUT2D eigenvalue weighted by atomic mass is 16.6. The molecule has 0 spiro atoms. The molecule has 4 amide bonds. The first-order valence-electron chi connectivity index (χ1n) is 15.5. The number of fused-ring (bicyclic) bond motifs is 1. The zero-order chi connectivity index (χ0) is 35.3. The number of hydrogen-bond acceptors (Lipinski definition) is 8. The van der Waals surface area contributed by atoms with E-state index in [9.17, 15) is 29.1 Å². The fourth-order valence-electron chi connectivity index (χ4n) is 5.29. The van der Waals surface area contributed by atoms with Gasteiger partial charge in [-0.1, -0.05) is 63.2 Å². The summed E-state index contributed by atoms with van der Waals surface area (Å²) in [4.78, 5) is 71.5. The van der Waals surface area contributed by atoms with Gasteiger partial charge in [0.05, 0.1) is 6.54 Å². The maximum Gasteiger partial charge on any atom is 0.410 e. The van der Waals surface area contributed by atoms with Crippen LogP contribution in [0.15, 0.2) is 47.6 Å². The minimum absolute atomic E-state index is 0.00482. The van der Waals surface area contributed by atoms with Crippen molar-refractivity contribution in [3.63, 3.8) is 0 Å². The van der Waals surface area contributed by atoms with E-state index in [1.54, 1.807) is 47.6 Å². The molecule has 1 aliphatic heterocycles. The monoisotopic (exact) mass is 652 g/mol. The number of carbonyl (C=O) groups excluding carboxylic acids is 4. The normalized spacial score (nSPS) is 18.3. The fraction of sp³-hybridized carbons (Fsp3) is 0.545. The van der Waals surface area contributed by atoms with Crippen molar-refractivity contribution in [2.75, 3.05) is 13.6 Å². The second kappa shape index (κ2) is 14.7. The molecule has 5 atom stereocenters. The van der Waals surface area contributed by atoms with E-state index in [0.717, 1.165) is 15.7 Å². The number of carboxylic acids is 1. The largest absolute Gasteiger partial charge is 0.480 e. The highest BCUT2D eigenvalue weighted by molar-refractivity contribution is 5.95. The van der Waals surface area contributed by atoms with Gasteiger partial charge in [-0.15, -0.1) is 0 Å². The Morgan fingerprint density at radius 2 is 1.70 bits per heavy atom. The van der Waals surface area contributed by atoms with Gasteiger partial charge in [-0.25, -0.2) is 9.59 Å². The van der Waals surface area contributed by atoms with Crippen molar-refractivity contribution in [2.24, 2.45) is 10.5 Å². The summed E-state index contributed by atoms with van der Waals surface area (Å²) in [5.41, 5.74) is 6.28. The third kappa shape index (κ3) is 9.58. The SMILES string of the molecule is CC(C(=O)NC(C(=O)N1C[C@@H](N=[N+]=N)C[C@H]1C(=O)NC(Cc1ccc2ccccc2c1)C(=O)O)C(C)(C)C)N(C)C(=O)OC(C)(C)C. The van der Waals surface area contributed by atoms with Crippen LogP contribution in [0.4, 0.5) is 4.79 Å². The van der Waals surface area contributed by atoms with Crippen molar-refractivity contribution >= 4 is 40.6 Å². The predicted molar refractivity (Wildman–Crippen MR) is 173 cm³/mol. The first-order valence-corrected chi connectivity index (χ1v) is 15.5. The van der Waals surface area contributed by atoms with Crippen LogP contribution in [0.2, 0.25) is 0 Å². The number of benzene rings is 2. The van der Waals surface area contributed by atoms with Crippen LogP contribution in [0.3, 0.4) is 0 Å². The first kappa shape index (κ1) is 36.6. The number of likely N-dealkylation sites (tertiary alicyclic amines) is 1. The number of nitrogens with zero attached hydrogens (tertiary/aromatic N) is 4. The molecule has 1 fully saturated rings. The molecular formula is C33H46N7O7+. The molecule has 0 aliphatic carbocycles. The van der Waals surface area contributed by atoms with Gasteiger partial charge in [0.25, 0.3) is 0 Å². The van der Waals surface area contributed by atoms with Crippen LogP contribution in [0.5, 0.6) is 0 Å². The van der Waals surface area contributed by atoms with Crippen LogP contribution < -0.4 is 15.5 Å². The zero-order valence-electron chi connectivity index (χ0n) is 28.2. The van der Waals surface area contributed by atoms with Crippen molar-refractivity contribution in [1.29, 1.82) is 5.53 Å². The molecule has 3 unspecified atom stereocenters. The topological polar surface area (TPSA) is 196 Å². The molecule has 3 rings (SSSR count). The summed E-state index contributed by atoms with van der Waals surface area (Å²) in [5, 5.41) is 21.1. The van der Waals surface area contributed by atoms with Gasteiger partial charge in [0.15, 0.2) is 6.04 Å². The van der Waals surface area contributed by atoms with Crippen LogP contribution in [0.1, 0.15) is 60.5 Å². The lowest BCUT2D eigenvalue weighted by atomic mass is 9.85. The Morgan fingerprint density at radius 3 is 2.28 bits per heavy atom. The molecule has 2 aromatic carbocycles. The van der Waals surface area contributed by atoms with E-state index in [-0.39, 0.29) is 19.4 Å². The van der Waals surface area contributed by atoms with E-state index in [4.69, 9.17) is 10.3 Å². The molecule has 4 N–H and O–H groups in total. The van der Waals surface area contributed by atoms with Gasteiger partial charge < -0.3 is 25.4 Å². The third-order valence-electron chi connectivity index (χ3n) is 8.00. The van der Waals surface area contributed by atoms with Crippen LogP contribution in [0.25, 0.3) is 10.8 Å². The summed E-state index contributed by atoms with van der Waals surface area (Å²) >= 11 is 0. The lowest BCUT2D eigenvalue weighted by Gasteiger charge is -2.36. The molecule has 14 nitrogen and oxygen atoms in total. The Morgan fingerprint density at radius 1 is 1.06 bits per heavy atom. The van der Waals surface area contributed by atoms with Gasteiger partial charge in [-0.05, 0) is 49.4 Å². The molecule has 1 heterocycles. The van der Waals surface area contributed by atoms with E-state index in [1.165, 1.54) is 18.9 Å². The maximum absolute atomic E-state index is 14.1. The first-order chi connectivity index (χ1) is 21.8. The Balaban J connectivity index is 1.83. The van der Waals surface area contributed by atoms with Crippen molar-refractivity contribution in [2.45, 2.75) is 97.1 Å². The molecular weight excluding hydrogens is 606 g/mol. The highest BCUT2D eigenvalue weighted by Crippen LogP contribution is 2.28. The predicted octanol–water partition coefficient (Wildman–Crippen LogP) is 3.26. The summed E-state index contributed by atoms with van der Waals surface area (Å²) in [6.45, 7) is 11.8. The molecule has 1 saturated heterocycles. The van der Waals surface area contributed by atoms with E-state index in [2.05, 4.69) is 20.7 Å². The summed E-state index contributed by atoms with van der Waals surface area (Å²) < 4.78 is 5.36. The summed E-state index contributed by atoms with van der Waals surface area (Å²) in [5.74, 6) is -3.16. The van der Waals surface area contributed by atoms with E-state index < -0.39 is 71.0 Å². The van der Waals surface area contributed by atoms with Crippen molar-refractivity contribution < 1.29 is 33.8 Å². The smallest absolute Gasteiger partial charge is 0.410 e. The molecule has 0 radical (unpaired) electrons. The second-order valence-electron chi connectivity index (χ2n) is 14.0. The minimum atomic E-state index is -1.29. The average molecular weight is 653 g/mol. The molecule has 0 bridgehead atoms. The third-order valence-corrected chi connectivity index (χ3v) is 8.00. The van der Waals surface area contributed by atoms with Gasteiger partial charge >= 0.3 is 12.1 Å². The number of ether oxygens (including phenoxy) is 1. The molecule has 0 saturated carbocycles. The van der Waals surface area contributed by atoms with Crippen molar-refractivity contribution in [3.8, 4) is 0 Å². The minimum Gasteiger partial charge on any atom is -0.480 e. The van der Waals surface area contributed by atoms with Crippen molar-refractivity contribution in [1.82, 2.24) is 25.3 Å².